The summed E-state index contributed by atoms with van der Waals surface area (Å²) in [5.74, 6) is 1.54. The molecule has 0 bridgehead atoms. The summed E-state index contributed by atoms with van der Waals surface area (Å²) in [6.45, 7) is 4.53. The highest BCUT2D eigenvalue weighted by atomic mass is 35.5. The number of hydrogen-bond donors (Lipinski definition) is 0. The molecule has 0 nitrogen and oxygen atoms in total. The molecule has 1 rings (SSSR count). The molecule has 1 saturated carbocycles. The Labute approximate surface area is 87.4 Å². The largest absolute Gasteiger partial charge is 0.0930 e. The van der Waals surface area contributed by atoms with Crippen LogP contribution in [0.15, 0.2) is 11.1 Å². The van der Waals surface area contributed by atoms with E-state index in [-0.39, 0.29) is 0 Å². The average Bonchev–Trinajstić information content (AvgIpc) is 2.15. The van der Waals surface area contributed by atoms with Crippen molar-refractivity contribution in [3.63, 3.8) is 0 Å². The predicted molar refractivity (Wildman–Crippen MR) is 60.0 cm³/mol. The SMILES string of the molecule is CC(C)CC(=CCl)C1CCCCC1. The molecule has 1 heteroatoms. The van der Waals surface area contributed by atoms with Gasteiger partial charge in [0.05, 0.1) is 0 Å². The van der Waals surface area contributed by atoms with E-state index in [1.54, 1.807) is 0 Å². The zero-order chi connectivity index (χ0) is 9.68. The lowest BCUT2D eigenvalue weighted by molar-refractivity contribution is 0.386. The van der Waals surface area contributed by atoms with Crippen LogP contribution >= 0.6 is 11.6 Å². The van der Waals surface area contributed by atoms with Crippen LogP contribution in [0.2, 0.25) is 0 Å². The van der Waals surface area contributed by atoms with Crippen LogP contribution in [0.25, 0.3) is 0 Å². The van der Waals surface area contributed by atoms with E-state index in [1.165, 1.54) is 44.1 Å². The van der Waals surface area contributed by atoms with Crippen LogP contribution in [0.4, 0.5) is 0 Å². The summed E-state index contributed by atoms with van der Waals surface area (Å²) in [4.78, 5) is 0. The monoisotopic (exact) mass is 200 g/mol. The van der Waals surface area contributed by atoms with Gasteiger partial charge < -0.3 is 0 Å². The first kappa shape index (κ1) is 11.1. The lowest BCUT2D eigenvalue weighted by atomic mass is 9.81. The summed E-state index contributed by atoms with van der Waals surface area (Å²) < 4.78 is 0. The van der Waals surface area contributed by atoms with Gasteiger partial charge in [-0.15, -0.1) is 0 Å². The third-order valence-corrected chi connectivity index (χ3v) is 3.19. The molecule has 0 amide bonds. The smallest absolute Gasteiger partial charge is 0.00373 e. The second-order valence-electron chi connectivity index (χ2n) is 4.62. The fourth-order valence-electron chi connectivity index (χ4n) is 2.25. The number of rotatable bonds is 3. The molecule has 76 valence electrons. The Bertz CT molecular complexity index is 164. The Morgan fingerprint density at radius 1 is 1.31 bits per heavy atom. The quantitative estimate of drug-likeness (QED) is 0.618. The van der Waals surface area contributed by atoms with E-state index in [0.29, 0.717) is 0 Å². The fraction of sp³-hybridized carbons (Fsp3) is 0.833. The summed E-state index contributed by atoms with van der Waals surface area (Å²) in [5.41, 5.74) is 3.34. The molecule has 0 atom stereocenters. The second-order valence-corrected chi connectivity index (χ2v) is 4.84. The van der Waals surface area contributed by atoms with E-state index < -0.39 is 0 Å². The summed E-state index contributed by atoms with van der Waals surface area (Å²) >= 11 is 5.88. The van der Waals surface area contributed by atoms with E-state index >= 15 is 0 Å². The first-order valence-electron chi connectivity index (χ1n) is 5.53. The topological polar surface area (TPSA) is 0 Å². The third-order valence-electron chi connectivity index (χ3n) is 2.91. The van der Waals surface area contributed by atoms with Crippen molar-refractivity contribution in [1.82, 2.24) is 0 Å². The van der Waals surface area contributed by atoms with Crippen molar-refractivity contribution in [1.29, 1.82) is 0 Å². The maximum absolute atomic E-state index is 5.88. The first-order chi connectivity index (χ1) is 6.24. The van der Waals surface area contributed by atoms with Crippen LogP contribution in [-0.2, 0) is 0 Å². The van der Waals surface area contributed by atoms with Crippen molar-refractivity contribution in [2.45, 2.75) is 52.4 Å². The Morgan fingerprint density at radius 2 is 1.92 bits per heavy atom. The first-order valence-corrected chi connectivity index (χ1v) is 5.97. The van der Waals surface area contributed by atoms with Crippen molar-refractivity contribution in [3.8, 4) is 0 Å². The van der Waals surface area contributed by atoms with Gasteiger partial charge in [-0.3, -0.25) is 0 Å². The summed E-state index contributed by atoms with van der Waals surface area (Å²) in [6, 6.07) is 0. The number of allylic oxidation sites excluding steroid dienone is 1. The third kappa shape index (κ3) is 3.72. The molecule has 0 aromatic rings. The molecule has 13 heavy (non-hydrogen) atoms. The minimum atomic E-state index is 0.743. The molecule has 1 aliphatic rings. The van der Waals surface area contributed by atoms with E-state index in [9.17, 15) is 0 Å². The van der Waals surface area contributed by atoms with Gasteiger partial charge >= 0.3 is 0 Å². The van der Waals surface area contributed by atoms with Crippen molar-refractivity contribution >= 4 is 11.6 Å². The molecule has 0 unspecified atom stereocenters. The van der Waals surface area contributed by atoms with Gasteiger partial charge in [-0.25, -0.2) is 0 Å². The Kier molecular flexibility index (Phi) is 4.87. The number of hydrogen-bond acceptors (Lipinski definition) is 0. The highest BCUT2D eigenvalue weighted by molar-refractivity contribution is 6.25. The summed E-state index contributed by atoms with van der Waals surface area (Å²) in [6.07, 6.45) is 8.15. The molecule has 1 fully saturated rings. The Hall–Kier alpha value is 0.0300. The van der Waals surface area contributed by atoms with Gasteiger partial charge in [-0.1, -0.05) is 50.3 Å². The van der Waals surface area contributed by atoms with Crippen molar-refractivity contribution < 1.29 is 0 Å². The Morgan fingerprint density at radius 3 is 2.38 bits per heavy atom. The minimum absolute atomic E-state index is 0.743. The van der Waals surface area contributed by atoms with Gasteiger partial charge in [0.25, 0.3) is 0 Å². The van der Waals surface area contributed by atoms with Gasteiger partial charge in [0.1, 0.15) is 0 Å². The lowest BCUT2D eigenvalue weighted by Gasteiger charge is -2.25. The van der Waals surface area contributed by atoms with E-state index in [0.717, 1.165) is 11.8 Å². The standard InChI is InChI=1S/C12H21Cl/c1-10(2)8-12(9-13)11-6-4-3-5-7-11/h9-11H,3-8H2,1-2H3. The van der Waals surface area contributed by atoms with E-state index in [4.69, 9.17) is 11.6 Å². The maximum atomic E-state index is 5.88. The lowest BCUT2D eigenvalue weighted by Crippen LogP contribution is -2.10. The van der Waals surface area contributed by atoms with Crippen molar-refractivity contribution in [2.24, 2.45) is 11.8 Å². The van der Waals surface area contributed by atoms with E-state index in [2.05, 4.69) is 13.8 Å². The predicted octanol–water partition coefficient (Wildman–Crippen LogP) is 4.74. The molecule has 0 heterocycles. The zero-order valence-electron chi connectivity index (χ0n) is 8.85. The van der Waals surface area contributed by atoms with Gasteiger partial charge in [-0.2, -0.15) is 0 Å². The molecular formula is C12H21Cl. The number of halogens is 1. The van der Waals surface area contributed by atoms with Crippen molar-refractivity contribution in [2.75, 3.05) is 0 Å². The molecule has 0 aliphatic heterocycles. The summed E-state index contributed by atoms with van der Waals surface area (Å²) in [7, 11) is 0. The highest BCUT2D eigenvalue weighted by Crippen LogP contribution is 2.33. The molecule has 0 aromatic heterocycles. The second kappa shape index (κ2) is 5.70. The minimum Gasteiger partial charge on any atom is -0.0930 e. The molecule has 0 saturated heterocycles. The van der Waals surface area contributed by atoms with Gasteiger partial charge in [-0.05, 0) is 31.1 Å². The highest BCUT2D eigenvalue weighted by Gasteiger charge is 2.17. The summed E-state index contributed by atoms with van der Waals surface area (Å²) in [5, 5.41) is 0. The van der Waals surface area contributed by atoms with Crippen LogP contribution in [0, 0.1) is 11.8 Å². The van der Waals surface area contributed by atoms with Crippen molar-refractivity contribution in [3.05, 3.63) is 11.1 Å². The molecule has 0 radical (unpaired) electrons. The van der Waals surface area contributed by atoms with Gasteiger partial charge in [0.2, 0.25) is 0 Å². The molecule has 1 aliphatic carbocycles. The van der Waals surface area contributed by atoms with Gasteiger partial charge in [0.15, 0.2) is 0 Å². The Balaban J connectivity index is 2.45. The van der Waals surface area contributed by atoms with Crippen LogP contribution in [0.3, 0.4) is 0 Å². The normalized spacial score (nSPS) is 21.1. The van der Waals surface area contributed by atoms with Crippen LogP contribution < -0.4 is 0 Å². The molecule has 0 N–H and O–H groups in total. The fourth-order valence-corrected chi connectivity index (χ4v) is 2.51. The molecular weight excluding hydrogens is 180 g/mol. The molecule has 0 aromatic carbocycles. The zero-order valence-corrected chi connectivity index (χ0v) is 9.61. The van der Waals surface area contributed by atoms with E-state index in [1.807, 2.05) is 5.54 Å². The molecule has 0 spiro atoms. The maximum Gasteiger partial charge on any atom is 0.00373 e. The van der Waals surface area contributed by atoms with Crippen LogP contribution in [0.5, 0.6) is 0 Å². The average molecular weight is 201 g/mol. The van der Waals surface area contributed by atoms with Crippen LogP contribution in [0.1, 0.15) is 52.4 Å². The van der Waals surface area contributed by atoms with Gasteiger partial charge in [0, 0.05) is 5.54 Å². The van der Waals surface area contributed by atoms with Crippen LogP contribution in [-0.4, -0.2) is 0 Å².